The maximum Gasteiger partial charge on any atom is 0.129 e. The summed E-state index contributed by atoms with van der Waals surface area (Å²) in [6, 6.07) is 25.0. The molecule has 5 rings (SSSR count). The first-order valence-corrected chi connectivity index (χ1v) is 12.1. The molecule has 0 amide bonds. The molecule has 33 heavy (non-hydrogen) atoms. The van der Waals surface area contributed by atoms with Crippen LogP contribution in [0, 0.1) is 17.6 Å². The van der Waals surface area contributed by atoms with Gasteiger partial charge < -0.3 is 4.74 Å². The van der Waals surface area contributed by atoms with Gasteiger partial charge in [-0.3, -0.25) is 4.90 Å². The van der Waals surface area contributed by atoms with E-state index in [9.17, 15) is 8.78 Å². The molecule has 4 heteroatoms. The number of ether oxygens (including phenoxy) is 1. The van der Waals surface area contributed by atoms with Crippen molar-refractivity contribution >= 4 is 0 Å². The van der Waals surface area contributed by atoms with Crippen molar-refractivity contribution in [2.75, 3.05) is 6.61 Å². The molecule has 0 aromatic heterocycles. The minimum atomic E-state index is -0.734. The molecule has 3 aromatic rings. The van der Waals surface area contributed by atoms with Gasteiger partial charge in [0.2, 0.25) is 0 Å². The normalized spacial score (nSPS) is 22.7. The molecule has 0 saturated carbocycles. The van der Waals surface area contributed by atoms with Crippen LogP contribution in [-0.2, 0) is 11.3 Å². The second kappa shape index (κ2) is 10.1. The maximum atomic E-state index is 14.6. The van der Waals surface area contributed by atoms with Crippen LogP contribution in [0.5, 0.6) is 0 Å². The Labute approximate surface area is 195 Å². The minimum Gasteiger partial charge on any atom is -0.369 e. The van der Waals surface area contributed by atoms with E-state index in [1.807, 2.05) is 0 Å². The fourth-order valence-corrected chi connectivity index (χ4v) is 5.75. The van der Waals surface area contributed by atoms with Crippen molar-refractivity contribution in [2.45, 2.75) is 56.8 Å². The molecular weight excluding hydrogens is 416 g/mol. The predicted molar refractivity (Wildman–Crippen MR) is 127 cm³/mol. The van der Waals surface area contributed by atoms with E-state index in [1.165, 1.54) is 43.4 Å². The molecule has 0 radical (unpaired) electrons. The molecule has 0 N–H and O–H groups in total. The Morgan fingerprint density at radius 3 is 1.88 bits per heavy atom. The van der Waals surface area contributed by atoms with Crippen LogP contribution in [-0.4, -0.2) is 23.6 Å². The molecule has 172 valence electrons. The van der Waals surface area contributed by atoms with Crippen molar-refractivity contribution in [3.63, 3.8) is 0 Å². The summed E-state index contributed by atoms with van der Waals surface area (Å²) in [5, 5.41) is 0. The molecule has 2 aliphatic heterocycles. The van der Waals surface area contributed by atoms with E-state index >= 15 is 0 Å². The van der Waals surface area contributed by atoms with Crippen molar-refractivity contribution in [3.8, 4) is 0 Å². The minimum absolute atomic E-state index is 0.363. The molecule has 2 bridgehead atoms. The second-order valence-corrected chi connectivity index (χ2v) is 9.46. The molecule has 3 atom stereocenters. The summed E-state index contributed by atoms with van der Waals surface area (Å²) in [5.74, 6) is -0.132. The first-order chi connectivity index (χ1) is 16.2. The molecule has 0 spiro atoms. The Balaban J connectivity index is 1.22. The Kier molecular flexibility index (Phi) is 6.84. The highest BCUT2D eigenvalue weighted by molar-refractivity contribution is 5.32. The molecule has 2 saturated heterocycles. The summed E-state index contributed by atoms with van der Waals surface area (Å²) >= 11 is 0. The fraction of sp³-hybridized carbons (Fsp3) is 0.379. The highest BCUT2D eigenvalue weighted by Gasteiger charge is 2.40. The third-order valence-corrected chi connectivity index (χ3v) is 7.38. The highest BCUT2D eigenvalue weighted by Crippen LogP contribution is 2.41. The molecule has 2 nitrogen and oxygen atoms in total. The van der Waals surface area contributed by atoms with Gasteiger partial charge in [-0.1, -0.05) is 66.7 Å². The Morgan fingerprint density at radius 1 is 0.758 bits per heavy atom. The Bertz CT molecular complexity index is 997. The zero-order valence-corrected chi connectivity index (χ0v) is 18.9. The lowest BCUT2D eigenvalue weighted by atomic mass is 9.88. The van der Waals surface area contributed by atoms with Crippen molar-refractivity contribution in [2.24, 2.45) is 5.92 Å². The van der Waals surface area contributed by atoms with Gasteiger partial charge in [-0.25, -0.2) is 8.78 Å². The quantitative estimate of drug-likeness (QED) is 0.372. The van der Waals surface area contributed by atoms with Crippen molar-refractivity contribution in [1.82, 2.24) is 4.90 Å². The topological polar surface area (TPSA) is 12.5 Å². The van der Waals surface area contributed by atoms with Gasteiger partial charge in [0.1, 0.15) is 17.7 Å². The van der Waals surface area contributed by atoms with Gasteiger partial charge in [0, 0.05) is 36.4 Å². The van der Waals surface area contributed by atoms with Crippen molar-refractivity contribution < 1.29 is 13.5 Å². The van der Waals surface area contributed by atoms with E-state index in [4.69, 9.17) is 4.74 Å². The zero-order valence-electron chi connectivity index (χ0n) is 18.9. The summed E-state index contributed by atoms with van der Waals surface area (Å²) in [7, 11) is 0. The largest absolute Gasteiger partial charge is 0.369 e. The highest BCUT2D eigenvalue weighted by atomic mass is 19.1. The first-order valence-electron chi connectivity index (χ1n) is 12.1. The van der Waals surface area contributed by atoms with Gasteiger partial charge in [-0.2, -0.15) is 0 Å². The van der Waals surface area contributed by atoms with Crippen LogP contribution in [0.1, 0.15) is 54.9 Å². The molecule has 3 aromatic carbocycles. The van der Waals surface area contributed by atoms with Crippen LogP contribution in [0.2, 0.25) is 0 Å². The zero-order chi connectivity index (χ0) is 22.6. The number of benzene rings is 3. The molecule has 2 heterocycles. The first kappa shape index (κ1) is 22.2. The van der Waals surface area contributed by atoms with Crippen molar-refractivity contribution in [1.29, 1.82) is 0 Å². The average Bonchev–Trinajstić information content (AvgIpc) is 3.06. The van der Waals surface area contributed by atoms with Gasteiger partial charge in [0.25, 0.3) is 0 Å². The third kappa shape index (κ3) is 5.02. The van der Waals surface area contributed by atoms with E-state index < -0.39 is 6.10 Å². The van der Waals surface area contributed by atoms with Crippen LogP contribution >= 0.6 is 0 Å². The number of fused-ring (bicyclic) bond motifs is 2. The number of hydrogen-bond donors (Lipinski definition) is 0. The number of halogens is 2. The van der Waals surface area contributed by atoms with E-state index in [-0.39, 0.29) is 11.6 Å². The van der Waals surface area contributed by atoms with Crippen LogP contribution in [0.3, 0.4) is 0 Å². The van der Waals surface area contributed by atoms with Gasteiger partial charge in [0.15, 0.2) is 0 Å². The van der Waals surface area contributed by atoms with Crippen LogP contribution in [0.15, 0.2) is 78.9 Å². The van der Waals surface area contributed by atoms with Gasteiger partial charge >= 0.3 is 0 Å². The third-order valence-electron chi connectivity index (χ3n) is 7.38. The molecule has 2 aliphatic rings. The number of rotatable bonds is 8. The Morgan fingerprint density at radius 2 is 1.30 bits per heavy atom. The number of piperidine rings is 1. The van der Waals surface area contributed by atoms with E-state index in [0.717, 1.165) is 13.0 Å². The smallest absolute Gasteiger partial charge is 0.129 e. The van der Waals surface area contributed by atoms with E-state index in [0.29, 0.717) is 35.7 Å². The lowest BCUT2D eigenvalue weighted by Crippen LogP contribution is -2.42. The monoisotopic (exact) mass is 447 g/mol. The number of nitrogens with zero attached hydrogens (tertiary/aromatic N) is 1. The average molecular weight is 448 g/mol. The molecule has 1 unspecified atom stereocenters. The molecule has 0 aliphatic carbocycles. The lowest BCUT2D eigenvalue weighted by molar-refractivity contribution is 0.0417. The van der Waals surface area contributed by atoms with Crippen LogP contribution < -0.4 is 0 Å². The van der Waals surface area contributed by atoms with Gasteiger partial charge in [-0.05, 0) is 55.7 Å². The summed E-state index contributed by atoms with van der Waals surface area (Å²) in [5.41, 5.74) is 2.16. The summed E-state index contributed by atoms with van der Waals surface area (Å²) in [6.45, 7) is 1.53. The van der Waals surface area contributed by atoms with E-state index in [1.54, 1.807) is 36.4 Å². The fourth-order valence-electron chi connectivity index (χ4n) is 5.75. The van der Waals surface area contributed by atoms with Gasteiger partial charge in [-0.15, -0.1) is 0 Å². The molecular formula is C29H31F2NO. The standard InChI is InChI=1S/C29H31F2NO/c30-27-12-6-4-10-25(27)29(26-11-5-7-13-28(26)31)33-17-16-22-18-23-14-15-24(19-22)32(23)20-21-8-2-1-3-9-21/h1-13,22-24,29H,14-20H2/t22?,23-,24+. The SMILES string of the molecule is Fc1ccccc1C(OCCC1C[C@H]2CC[C@@H](C1)N2Cc1ccccc1)c1ccccc1F. The Hall–Kier alpha value is -2.56. The summed E-state index contributed by atoms with van der Waals surface area (Å²) < 4.78 is 35.3. The van der Waals surface area contributed by atoms with Crippen LogP contribution in [0.25, 0.3) is 0 Å². The van der Waals surface area contributed by atoms with Crippen molar-refractivity contribution in [3.05, 3.63) is 107 Å². The van der Waals surface area contributed by atoms with E-state index in [2.05, 4.69) is 35.2 Å². The number of hydrogen-bond acceptors (Lipinski definition) is 2. The lowest BCUT2D eigenvalue weighted by Gasteiger charge is -2.39. The summed E-state index contributed by atoms with van der Waals surface area (Å²) in [6.07, 6.45) is 5.07. The van der Waals surface area contributed by atoms with Gasteiger partial charge in [0.05, 0.1) is 0 Å². The summed E-state index contributed by atoms with van der Waals surface area (Å²) in [4.78, 5) is 2.69. The maximum absolute atomic E-state index is 14.6. The predicted octanol–water partition coefficient (Wildman–Crippen LogP) is 6.90. The molecule has 2 fully saturated rings. The van der Waals surface area contributed by atoms with Crippen LogP contribution in [0.4, 0.5) is 8.78 Å². The second-order valence-electron chi connectivity index (χ2n) is 9.46.